The predicted molar refractivity (Wildman–Crippen MR) is 102 cm³/mol. The van der Waals surface area contributed by atoms with E-state index in [0.717, 1.165) is 48.4 Å². The highest BCUT2D eigenvalue weighted by Gasteiger charge is 2.26. The number of aliphatic hydroxyl groups is 1. The van der Waals surface area contributed by atoms with Crippen molar-refractivity contribution in [3.05, 3.63) is 59.7 Å². The molecule has 1 aromatic heterocycles. The van der Waals surface area contributed by atoms with Gasteiger partial charge in [-0.15, -0.1) is 0 Å². The molecule has 1 N–H and O–H groups in total. The Kier molecular flexibility index (Phi) is 4.59. The van der Waals surface area contributed by atoms with Crippen molar-refractivity contribution < 1.29 is 5.11 Å². The summed E-state index contributed by atoms with van der Waals surface area (Å²) in [6, 6.07) is 18.1. The average Bonchev–Trinajstić information content (AvgIpc) is 3.07. The fourth-order valence-corrected chi connectivity index (χ4v) is 3.76. The smallest absolute Gasteiger partial charge is 0.207 e. The summed E-state index contributed by atoms with van der Waals surface area (Å²) in [5.74, 6) is 0.925. The van der Waals surface area contributed by atoms with Crippen molar-refractivity contribution >= 4 is 17.0 Å². The zero-order valence-corrected chi connectivity index (χ0v) is 14.7. The lowest BCUT2D eigenvalue weighted by molar-refractivity contribution is 0.238. The molecule has 2 aromatic carbocycles. The van der Waals surface area contributed by atoms with Gasteiger partial charge in [-0.3, -0.25) is 0 Å². The van der Waals surface area contributed by atoms with E-state index in [9.17, 15) is 5.11 Å². The molecule has 0 amide bonds. The standard InChI is InChI=1S/C21H22N4O/c22-13-16-8-10-17(11-9-16)14-25-20-7-2-1-6-19(20)23-21(25)24-12-4-3-5-18(24)15-26/h1-2,6-11,18,26H,3-5,12,14-15H2/t18-/m0/s1. The van der Waals surface area contributed by atoms with Crippen molar-refractivity contribution in [3.63, 3.8) is 0 Å². The molecule has 1 fully saturated rings. The molecule has 0 saturated carbocycles. The molecule has 1 atom stereocenters. The number of piperidine rings is 1. The van der Waals surface area contributed by atoms with Gasteiger partial charge in [0.05, 0.1) is 41.9 Å². The molecule has 0 radical (unpaired) electrons. The van der Waals surface area contributed by atoms with Crippen LogP contribution in [0.5, 0.6) is 0 Å². The number of nitriles is 1. The minimum absolute atomic E-state index is 0.125. The van der Waals surface area contributed by atoms with E-state index >= 15 is 0 Å². The van der Waals surface area contributed by atoms with Crippen LogP contribution in [0.1, 0.15) is 30.4 Å². The van der Waals surface area contributed by atoms with E-state index < -0.39 is 0 Å². The maximum atomic E-state index is 9.83. The van der Waals surface area contributed by atoms with Gasteiger partial charge in [0.15, 0.2) is 0 Å². The molecule has 0 spiro atoms. The molecule has 1 aliphatic heterocycles. The van der Waals surface area contributed by atoms with Crippen LogP contribution in [0, 0.1) is 11.3 Å². The second-order valence-corrected chi connectivity index (χ2v) is 6.82. The predicted octanol–water partition coefficient (Wildman–Crippen LogP) is 3.31. The number of benzene rings is 2. The number of rotatable bonds is 4. The van der Waals surface area contributed by atoms with Gasteiger partial charge in [0.25, 0.3) is 0 Å². The Balaban J connectivity index is 1.77. The number of nitrogens with zero attached hydrogens (tertiary/aromatic N) is 4. The molecule has 1 saturated heterocycles. The third-order valence-corrected chi connectivity index (χ3v) is 5.15. The van der Waals surface area contributed by atoms with Crippen molar-refractivity contribution in [1.82, 2.24) is 9.55 Å². The van der Waals surface area contributed by atoms with Crippen molar-refractivity contribution in [3.8, 4) is 6.07 Å². The van der Waals surface area contributed by atoms with Gasteiger partial charge < -0.3 is 14.6 Å². The number of aromatic nitrogens is 2. The number of para-hydroxylation sites is 2. The topological polar surface area (TPSA) is 65.1 Å². The largest absolute Gasteiger partial charge is 0.394 e. The molecule has 26 heavy (non-hydrogen) atoms. The Bertz CT molecular complexity index is 939. The van der Waals surface area contributed by atoms with Crippen LogP contribution in [0.15, 0.2) is 48.5 Å². The van der Waals surface area contributed by atoms with Crippen molar-refractivity contribution in [1.29, 1.82) is 5.26 Å². The van der Waals surface area contributed by atoms with E-state index in [1.165, 1.54) is 0 Å². The number of imidazole rings is 1. The third kappa shape index (κ3) is 3.04. The van der Waals surface area contributed by atoms with Crippen molar-refractivity contribution in [2.45, 2.75) is 31.8 Å². The van der Waals surface area contributed by atoms with Crippen LogP contribution in [0.25, 0.3) is 11.0 Å². The first-order valence-electron chi connectivity index (χ1n) is 9.12. The Morgan fingerprint density at radius 2 is 1.92 bits per heavy atom. The van der Waals surface area contributed by atoms with Gasteiger partial charge in [0, 0.05) is 6.54 Å². The summed E-state index contributed by atoms with van der Waals surface area (Å²) in [6.07, 6.45) is 3.27. The van der Waals surface area contributed by atoms with Gasteiger partial charge in [-0.1, -0.05) is 24.3 Å². The fraction of sp³-hybridized carbons (Fsp3) is 0.333. The minimum atomic E-state index is 0.125. The molecule has 0 aliphatic carbocycles. The Morgan fingerprint density at radius 1 is 1.12 bits per heavy atom. The maximum absolute atomic E-state index is 9.83. The van der Waals surface area contributed by atoms with Gasteiger partial charge in [-0.25, -0.2) is 4.98 Å². The molecule has 132 valence electrons. The molecule has 5 nitrogen and oxygen atoms in total. The molecule has 0 unspecified atom stereocenters. The Morgan fingerprint density at radius 3 is 2.69 bits per heavy atom. The van der Waals surface area contributed by atoms with Crippen LogP contribution in [-0.2, 0) is 6.54 Å². The first-order valence-corrected chi connectivity index (χ1v) is 9.12. The molecule has 0 bridgehead atoms. The van der Waals surface area contributed by atoms with Gasteiger partial charge >= 0.3 is 0 Å². The zero-order valence-electron chi connectivity index (χ0n) is 14.7. The van der Waals surface area contributed by atoms with E-state index in [4.69, 9.17) is 10.2 Å². The summed E-state index contributed by atoms with van der Waals surface area (Å²) in [6.45, 7) is 1.76. The molecular weight excluding hydrogens is 324 g/mol. The summed E-state index contributed by atoms with van der Waals surface area (Å²) in [5.41, 5.74) is 3.86. The molecule has 4 rings (SSSR count). The van der Waals surface area contributed by atoms with Gasteiger partial charge in [0.1, 0.15) is 0 Å². The molecule has 5 heteroatoms. The van der Waals surface area contributed by atoms with Gasteiger partial charge in [0.2, 0.25) is 5.95 Å². The number of anilines is 1. The SMILES string of the molecule is N#Cc1ccc(Cn2c(N3CCCC[C@H]3CO)nc3ccccc32)cc1. The van der Waals surface area contributed by atoms with E-state index in [2.05, 4.69) is 21.6 Å². The number of fused-ring (bicyclic) bond motifs is 1. The van der Waals surface area contributed by atoms with Gasteiger partial charge in [-0.05, 0) is 49.1 Å². The van der Waals surface area contributed by atoms with Crippen LogP contribution >= 0.6 is 0 Å². The van der Waals surface area contributed by atoms with Crippen LogP contribution in [0.3, 0.4) is 0 Å². The number of hydrogen-bond acceptors (Lipinski definition) is 4. The summed E-state index contributed by atoms with van der Waals surface area (Å²) in [7, 11) is 0. The summed E-state index contributed by atoms with van der Waals surface area (Å²) < 4.78 is 2.23. The van der Waals surface area contributed by atoms with Gasteiger partial charge in [-0.2, -0.15) is 5.26 Å². The first kappa shape index (κ1) is 16.6. The van der Waals surface area contributed by atoms with Crippen LogP contribution in [0.4, 0.5) is 5.95 Å². The van der Waals surface area contributed by atoms with E-state index in [-0.39, 0.29) is 12.6 Å². The van der Waals surface area contributed by atoms with Crippen LogP contribution in [-0.4, -0.2) is 33.9 Å². The fourth-order valence-electron chi connectivity index (χ4n) is 3.76. The summed E-state index contributed by atoms with van der Waals surface area (Å²) in [4.78, 5) is 7.15. The Hall–Kier alpha value is -2.84. The third-order valence-electron chi connectivity index (χ3n) is 5.15. The highest BCUT2D eigenvalue weighted by Crippen LogP contribution is 2.29. The molecule has 2 heterocycles. The second kappa shape index (κ2) is 7.19. The lowest BCUT2D eigenvalue weighted by Gasteiger charge is -2.35. The van der Waals surface area contributed by atoms with E-state index in [1.807, 2.05) is 42.5 Å². The van der Waals surface area contributed by atoms with E-state index in [1.54, 1.807) is 0 Å². The van der Waals surface area contributed by atoms with Crippen molar-refractivity contribution in [2.75, 3.05) is 18.1 Å². The zero-order chi connectivity index (χ0) is 17.9. The maximum Gasteiger partial charge on any atom is 0.207 e. The quantitative estimate of drug-likeness (QED) is 0.787. The second-order valence-electron chi connectivity index (χ2n) is 6.82. The highest BCUT2D eigenvalue weighted by atomic mass is 16.3. The first-order chi connectivity index (χ1) is 12.8. The molecule has 3 aromatic rings. The van der Waals surface area contributed by atoms with Crippen LogP contribution in [0.2, 0.25) is 0 Å². The normalized spacial score (nSPS) is 17.4. The summed E-state index contributed by atoms with van der Waals surface area (Å²) >= 11 is 0. The average molecular weight is 346 g/mol. The van der Waals surface area contributed by atoms with E-state index in [0.29, 0.717) is 12.1 Å². The highest BCUT2D eigenvalue weighted by molar-refractivity contribution is 5.79. The van der Waals surface area contributed by atoms with Crippen molar-refractivity contribution in [2.24, 2.45) is 0 Å². The molecular formula is C21H22N4O. The molecule has 1 aliphatic rings. The summed E-state index contributed by atoms with van der Waals surface area (Å²) in [5, 5.41) is 18.8. The lowest BCUT2D eigenvalue weighted by Crippen LogP contribution is -2.43. The monoisotopic (exact) mass is 346 g/mol. The Labute approximate surface area is 153 Å². The minimum Gasteiger partial charge on any atom is -0.394 e. The number of hydrogen-bond donors (Lipinski definition) is 1. The lowest BCUT2D eigenvalue weighted by atomic mass is 10.0. The number of aliphatic hydroxyl groups excluding tert-OH is 1. The van der Waals surface area contributed by atoms with Crippen LogP contribution < -0.4 is 4.90 Å².